The molecule has 2 heterocycles. The SMILES string of the molecule is O=C1Cc2cc3c(cc2C(=O)N1CCc1ccccc1)OCO3. The van der Waals surface area contributed by atoms with Crippen LogP contribution in [0.1, 0.15) is 21.5 Å². The third kappa shape index (κ3) is 2.44. The van der Waals surface area contributed by atoms with Crippen LogP contribution in [0.15, 0.2) is 42.5 Å². The van der Waals surface area contributed by atoms with Crippen LogP contribution in [0.4, 0.5) is 0 Å². The quantitative estimate of drug-likeness (QED) is 0.816. The van der Waals surface area contributed by atoms with Gasteiger partial charge in [0.15, 0.2) is 11.5 Å². The second kappa shape index (κ2) is 5.43. The number of nitrogens with zero attached hydrogens (tertiary/aromatic N) is 1. The van der Waals surface area contributed by atoms with Crippen LogP contribution in [0.3, 0.4) is 0 Å². The van der Waals surface area contributed by atoms with Gasteiger partial charge in [0.1, 0.15) is 0 Å². The summed E-state index contributed by atoms with van der Waals surface area (Å²) in [6.45, 7) is 0.535. The van der Waals surface area contributed by atoms with Gasteiger partial charge in [-0.05, 0) is 29.7 Å². The first-order chi connectivity index (χ1) is 11.2. The van der Waals surface area contributed by atoms with Gasteiger partial charge in [-0.15, -0.1) is 0 Å². The van der Waals surface area contributed by atoms with E-state index >= 15 is 0 Å². The van der Waals surface area contributed by atoms with E-state index in [-0.39, 0.29) is 25.0 Å². The van der Waals surface area contributed by atoms with Crippen molar-refractivity contribution in [2.24, 2.45) is 0 Å². The minimum atomic E-state index is -0.259. The van der Waals surface area contributed by atoms with Crippen molar-refractivity contribution < 1.29 is 19.1 Å². The van der Waals surface area contributed by atoms with Crippen molar-refractivity contribution >= 4 is 11.8 Å². The van der Waals surface area contributed by atoms with Gasteiger partial charge in [0.25, 0.3) is 5.91 Å². The van der Waals surface area contributed by atoms with Crippen LogP contribution in [0.2, 0.25) is 0 Å². The van der Waals surface area contributed by atoms with Gasteiger partial charge in [-0.25, -0.2) is 0 Å². The van der Waals surface area contributed by atoms with Crippen LogP contribution in [-0.4, -0.2) is 30.1 Å². The Kier molecular flexibility index (Phi) is 3.26. The van der Waals surface area contributed by atoms with Gasteiger partial charge in [0.2, 0.25) is 12.7 Å². The van der Waals surface area contributed by atoms with Gasteiger partial charge in [0.05, 0.1) is 6.42 Å². The predicted molar refractivity (Wildman–Crippen MR) is 82.5 cm³/mol. The van der Waals surface area contributed by atoms with Gasteiger partial charge in [-0.1, -0.05) is 30.3 Å². The number of rotatable bonds is 3. The van der Waals surface area contributed by atoms with Crippen LogP contribution in [0.5, 0.6) is 11.5 Å². The van der Waals surface area contributed by atoms with Crippen molar-refractivity contribution in [3.8, 4) is 11.5 Å². The molecule has 2 aliphatic heterocycles. The highest BCUT2D eigenvalue weighted by molar-refractivity contribution is 6.10. The van der Waals surface area contributed by atoms with Crippen molar-refractivity contribution in [2.45, 2.75) is 12.8 Å². The lowest BCUT2D eigenvalue weighted by atomic mass is 9.97. The van der Waals surface area contributed by atoms with E-state index in [1.165, 1.54) is 4.90 Å². The molecule has 5 nitrogen and oxygen atoms in total. The number of ether oxygens (including phenoxy) is 2. The van der Waals surface area contributed by atoms with Crippen molar-refractivity contribution in [3.05, 3.63) is 59.2 Å². The number of hydrogen-bond donors (Lipinski definition) is 0. The lowest BCUT2D eigenvalue weighted by Crippen LogP contribution is -2.43. The molecule has 2 amide bonds. The molecule has 0 aromatic heterocycles. The molecule has 23 heavy (non-hydrogen) atoms. The van der Waals surface area contributed by atoms with Crippen LogP contribution < -0.4 is 9.47 Å². The highest BCUT2D eigenvalue weighted by Gasteiger charge is 2.33. The lowest BCUT2D eigenvalue weighted by Gasteiger charge is -2.27. The predicted octanol–water partition coefficient (Wildman–Crippen LogP) is 2.18. The van der Waals surface area contributed by atoms with Crippen molar-refractivity contribution in [1.29, 1.82) is 0 Å². The molecule has 5 heteroatoms. The van der Waals surface area contributed by atoms with Gasteiger partial charge < -0.3 is 9.47 Å². The topological polar surface area (TPSA) is 55.8 Å². The smallest absolute Gasteiger partial charge is 0.260 e. The van der Waals surface area contributed by atoms with Gasteiger partial charge in [-0.2, -0.15) is 0 Å². The molecular formula is C18H15NO4. The fourth-order valence-corrected chi connectivity index (χ4v) is 2.96. The highest BCUT2D eigenvalue weighted by atomic mass is 16.7. The number of carbonyl (C=O) groups is 2. The molecular weight excluding hydrogens is 294 g/mol. The number of fused-ring (bicyclic) bond motifs is 2. The summed E-state index contributed by atoms with van der Waals surface area (Å²) in [5.41, 5.74) is 2.34. The van der Waals surface area contributed by atoms with E-state index in [1.807, 2.05) is 30.3 Å². The zero-order valence-electron chi connectivity index (χ0n) is 12.5. The second-order valence-corrected chi connectivity index (χ2v) is 5.63. The summed E-state index contributed by atoms with van der Waals surface area (Å²) in [5.74, 6) is 0.735. The average molecular weight is 309 g/mol. The number of amides is 2. The van der Waals surface area contributed by atoms with Crippen molar-refractivity contribution in [1.82, 2.24) is 4.90 Å². The fraction of sp³-hybridized carbons (Fsp3) is 0.222. The molecule has 116 valence electrons. The van der Waals surface area contributed by atoms with Crippen molar-refractivity contribution in [2.75, 3.05) is 13.3 Å². The Morgan fingerprint density at radius 1 is 1.00 bits per heavy atom. The molecule has 0 N–H and O–H groups in total. The number of carbonyl (C=O) groups excluding carboxylic acids is 2. The summed E-state index contributed by atoms with van der Waals surface area (Å²) in [6, 6.07) is 13.2. The molecule has 2 aliphatic rings. The average Bonchev–Trinajstić information content (AvgIpc) is 3.01. The second-order valence-electron chi connectivity index (χ2n) is 5.63. The van der Waals surface area contributed by atoms with Crippen molar-refractivity contribution in [3.63, 3.8) is 0 Å². The molecule has 2 aromatic carbocycles. The number of imide groups is 1. The van der Waals surface area contributed by atoms with E-state index in [2.05, 4.69) is 0 Å². The Morgan fingerprint density at radius 3 is 2.52 bits per heavy atom. The zero-order valence-corrected chi connectivity index (χ0v) is 12.5. The first kappa shape index (κ1) is 13.8. The summed E-state index contributed by atoms with van der Waals surface area (Å²) < 4.78 is 10.6. The minimum absolute atomic E-state index is 0.151. The molecule has 0 bridgehead atoms. The standard InChI is InChI=1S/C18H15NO4/c20-17-9-13-8-15-16(23-11-22-15)10-14(13)18(21)19(17)7-6-12-4-2-1-3-5-12/h1-5,8,10H,6-7,9,11H2. The van der Waals surface area contributed by atoms with Gasteiger partial charge in [-0.3, -0.25) is 14.5 Å². The first-order valence-corrected chi connectivity index (χ1v) is 7.53. The molecule has 0 spiro atoms. The van der Waals surface area contributed by atoms with Crippen LogP contribution in [0.25, 0.3) is 0 Å². The summed E-state index contributed by atoms with van der Waals surface area (Å²) >= 11 is 0. The third-order valence-electron chi connectivity index (χ3n) is 4.18. The Bertz CT molecular complexity index is 785. The molecule has 0 fully saturated rings. The molecule has 0 unspecified atom stereocenters. The Morgan fingerprint density at radius 2 is 1.74 bits per heavy atom. The molecule has 4 rings (SSSR count). The zero-order chi connectivity index (χ0) is 15.8. The largest absolute Gasteiger partial charge is 0.454 e. The maximum atomic E-state index is 12.7. The molecule has 0 aliphatic carbocycles. The van der Waals surface area contributed by atoms with Gasteiger partial charge >= 0.3 is 0 Å². The minimum Gasteiger partial charge on any atom is -0.454 e. The highest BCUT2D eigenvalue weighted by Crippen LogP contribution is 2.36. The van der Waals surface area contributed by atoms with Gasteiger partial charge in [0, 0.05) is 12.1 Å². The normalized spacial score (nSPS) is 15.7. The summed E-state index contributed by atoms with van der Waals surface area (Å²) in [7, 11) is 0. The van der Waals surface area contributed by atoms with Crippen LogP contribution in [0, 0.1) is 0 Å². The molecule has 0 radical (unpaired) electrons. The number of benzene rings is 2. The van der Waals surface area contributed by atoms with E-state index in [0.717, 1.165) is 5.56 Å². The lowest BCUT2D eigenvalue weighted by molar-refractivity contribution is -0.128. The van der Waals surface area contributed by atoms with Crippen LogP contribution >= 0.6 is 0 Å². The van der Waals surface area contributed by atoms with Crippen LogP contribution in [-0.2, 0) is 17.6 Å². The summed E-state index contributed by atoms with van der Waals surface area (Å²) in [6.07, 6.45) is 0.866. The summed E-state index contributed by atoms with van der Waals surface area (Å²) in [4.78, 5) is 26.3. The molecule has 0 saturated carbocycles. The Balaban J connectivity index is 1.58. The molecule has 2 aromatic rings. The molecule has 0 saturated heterocycles. The maximum Gasteiger partial charge on any atom is 0.260 e. The van der Waals surface area contributed by atoms with E-state index in [9.17, 15) is 9.59 Å². The van der Waals surface area contributed by atoms with E-state index in [4.69, 9.17) is 9.47 Å². The monoisotopic (exact) mass is 309 g/mol. The number of hydrogen-bond acceptors (Lipinski definition) is 4. The Labute approximate surface area is 133 Å². The summed E-state index contributed by atoms with van der Waals surface area (Å²) in [5, 5.41) is 0. The van der Waals surface area contributed by atoms with E-state index < -0.39 is 0 Å². The third-order valence-corrected chi connectivity index (χ3v) is 4.18. The Hall–Kier alpha value is -2.82. The maximum absolute atomic E-state index is 12.7. The fourth-order valence-electron chi connectivity index (χ4n) is 2.96. The van der Waals surface area contributed by atoms with E-state index in [1.54, 1.807) is 12.1 Å². The van der Waals surface area contributed by atoms with E-state index in [0.29, 0.717) is 35.6 Å². The molecule has 0 atom stereocenters. The first-order valence-electron chi connectivity index (χ1n) is 7.53.